The van der Waals surface area contributed by atoms with Crippen LogP contribution < -0.4 is 10.6 Å². The third-order valence-corrected chi connectivity index (χ3v) is 5.74. The summed E-state index contributed by atoms with van der Waals surface area (Å²) in [5.41, 5.74) is 0.792. The van der Waals surface area contributed by atoms with Gasteiger partial charge in [-0.25, -0.2) is 4.79 Å². The van der Waals surface area contributed by atoms with E-state index in [0.717, 1.165) is 24.8 Å². The first-order chi connectivity index (χ1) is 14.3. The van der Waals surface area contributed by atoms with Gasteiger partial charge in [-0.05, 0) is 48.3 Å². The summed E-state index contributed by atoms with van der Waals surface area (Å²) >= 11 is 0. The molecule has 0 spiro atoms. The van der Waals surface area contributed by atoms with Crippen LogP contribution in [0.1, 0.15) is 52.0 Å². The minimum absolute atomic E-state index is 0.132. The fourth-order valence-corrected chi connectivity index (χ4v) is 4.01. The van der Waals surface area contributed by atoms with Crippen molar-refractivity contribution >= 4 is 12.0 Å². The minimum atomic E-state index is -0.834. The van der Waals surface area contributed by atoms with Crippen molar-refractivity contribution in [2.75, 3.05) is 6.54 Å². The van der Waals surface area contributed by atoms with Crippen LogP contribution in [0.15, 0.2) is 24.3 Å². The van der Waals surface area contributed by atoms with Gasteiger partial charge in [-0.15, -0.1) is 0 Å². The lowest BCUT2D eigenvalue weighted by Gasteiger charge is -2.36. The molecule has 1 fully saturated rings. The Hall–Kier alpha value is -2.75. The Morgan fingerprint density at radius 2 is 1.97 bits per heavy atom. The van der Waals surface area contributed by atoms with E-state index in [2.05, 4.69) is 31.4 Å². The number of nitrogens with zero attached hydrogens (tertiary/aromatic N) is 1. The molecule has 1 aliphatic carbocycles. The number of rotatable bonds is 8. The summed E-state index contributed by atoms with van der Waals surface area (Å²) in [6.45, 7) is 6.67. The number of amides is 2. The van der Waals surface area contributed by atoms with Gasteiger partial charge in [0, 0.05) is 13.0 Å². The third kappa shape index (κ3) is 7.25. The van der Waals surface area contributed by atoms with Gasteiger partial charge < -0.3 is 20.5 Å². The Kier molecular flexibility index (Phi) is 8.97. The lowest BCUT2D eigenvalue weighted by atomic mass is 9.75. The van der Waals surface area contributed by atoms with E-state index in [1.165, 1.54) is 12.1 Å². The quantitative estimate of drug-likeness (QED) is 0.563. The molecule has 4 unspecified atom stereocenters. The van der Waals surface area contributed by atoms with E-state index in [1.54, 1.807) is 12.1 Å². The van der Waals surface area contributed by atoms with Crippen molar-refractivity contribution in [3.05, 3.63) is 29.8 Å². The number of hydrogen-bond donors (Lipinski definition) is 3. The first-order valence-electron chi connectivity index (χ1n) is 10.7. The van der Waals surface area contributed by atoms with Crippen LogP contribution in [0.5, 0.6) is 5.75 Å². The molecule has 7 nitrogen and oxygen atoms in total. The number of nitrogens with one attached hydrogen (secondary N) is 2. The van der Waals surface area contributed by atoms with E-state index in [-0.39, 0.29) is 37.1 Å². The largest absolute Gasteiger partial charge is 0.508 e. The zero-order valence-electron chi connectivity index (χ0n) is 18.1. The van der Waals surface area contributed by atoms with Crippen molar-refractivity contribution in [3.8, 4) is 11.8 Å². The lowest BCUT2D eigenvalue weighted by Crippen LogP contribution is -2.49. The van der Waals surface area contributed by atoms with E-state index in [1.807, 2.05) is 6.07 Å². The second-order valence-corrected chi connectivity index (χ2v) is 8.54. The standard InChI is InChI=1S/C23H33N3O4/c1-15(2)19-10-5-16(3)13-21(19)30-23(29)26-20(22(28)25-12-4-11-24)14-17-6-8-18(27)9-7-17/h6-9,15-16,19-21,27H,4-5,10,12-14H2,1-3H3,(H,25,28)(H,26,29). The van der Waals surface area contributed by atoms with Crippen LogP contribution in [0.3, 0.4) is 0 Å². The fourth-order valence-electron chi connectivity index (χ4n) is 4.01. The van der Waals surface area contributed by atoms with Crippen LogP contribution in [0.2, 0.25) is 0 Å². The van der Waals surface area contributed by atoms with Crippen LogP contribution in [0.4, 0.5) is 4.79 Å². The van der Waals surface area contributed by atoms with Gasteiger partial charge in [-0.3, -0.25) is 4.79 Å². The van der Waals surface area contributed by atoms with Gasteiger partial charge in [0.1, 0.15) is 17.9 Å². The van der Waals surface area contributed by atoms with E-state index >= 15 is 0 Å². The molecule has 7 heteroatoms. The number of benzene rings is 1. The number of alkyl carbamates (subject to hydrolysis) is 1. The molecule has 2 amide bonds. The SMILES string of the molecule is CC1CCC(C(C)C)C(OC(=O)NC(Cc2ccc(O)cc2)C(=O)NCCC#N)C1. The second-order valence-electron chi connectivity index (χ2n) is 8.54. The van der Waals surface area contributed by atoms with Gasteiger partial charge in [0.2, 0.25) is 5.91 Å². The van der Waals surface area contributed by atoms with Crippen molar-refractivity contribution in [2.24, 2.45) is 17.8 Å². The number of carbonyl (C=O) groups excluding carboxylic acids is 2. The number of phenolic OH excluding ortho intramolecular Hbond substituents is 1. The third-order valence-electron chi connectivity index (χ3n) is 5.74. The minimum Gasteiger partial charge on any atom is -0.508 e. The van der Waals surface area contributed by atoms with Crippen molar-refractivity contribution in [1.29, 1.82) is 5.26 Å². The Bertz CT molecular complexity index is 742. The number of hydrogen-bond acceptors (Lipinski definition) is 5. The topological polar surface area (TPSA) is 111 Å². The summed E-state index contributed by atoms with van der Waals surface area (Å²) in [6, 6.07) is 7.62. The number of aromatic hydroxyl groups is 1. The zero-order chi connectivity index (χ0) is 22.1. The molecule has 2 rings (SSSR count). The van der Waals surface area contributed by atoms with E-state index < -0.39 is 12.1 Å². The maximum Gasteiger partial charge on any atom is 0.408 e. The van der Waals surface area contributed by atoms with Gasteiger partial charge in [-0.1, -0.05) is 39.3 Å². The molecule has 4 atom stereocenters. The summed E-state index contributed by atoms with van der Waals surface area (Å²) in [5.74, 6) is 0.990. The first kappa shape index (κ1) is 23.5. The van der Waals surface area contributed by atoms with Gasteiger partial charge in [0.05, 0.1) is 12.5 Å². The van der Waals surface area contributed by atoms with E-state index in [0.29, 0.717) is 17.8 Å². The number of ether oxygens (including phenoxy) is 1. The average Bonchev–Trinajstić information content (AvgIpc) is 2.69. The summed E-state index contributed by atoms with van der Waals surface area (Å²) in [5, 5.41) is 23.5. The second kappa shape index (κ2) is 11.4. The lowest BCUT2D eigenvalue weighted by molar-refractivity contribution is -0.123. The highest BCUT2D eigenvalue weighted by Crippen LogP contribution is 2.35. The zero-order valence-corrected chi connectivity index (χ0v) is 18.1. The van der Waals surface area contributed by atoms with Crippen LogP contribution in [-0.2, 0) is 16.0 Å². The molecule has 1 aliphatic rings. The van der Waals surface area contributed by atoms with Crippen LogP contribution >= 0.6 is 0 Å². The van der Waals surface area contributed by atoms with Gasteiger partial charge >= 0.3 is 6.09 Å². The summed E-state index contributed by atoms with van der Waals surface area (Å²) < 4.78 is 5.78. The van der Waals surface area contributed by atoms with Crippen LogP contribution in [0.25, 0.3) is 0 Å². The molecule has 0 aromatic heterocycles. The van der Waals surface area contributed by atoms with Crippen molar-refractivity contribution in [1.82, 2.24) is 10.6 Å². The molecule has 0 aliphatic heterocycles. The molecule has 0 heterocycles. The number of phenols is 1. The molecular formula is C23H33N3O4. The van der Waals surface area contributed by atoms with Crippen LogP contribution in [-0.4, -0.2) is 35.8 Å². The molecule has 1 aromatic rings. The average molecular weight is 416 g/mol. The highest BCUT2D eigenvalue weighted by Gasteiger charge is 2.34. The molecule has 30 heavy (non-hydrogen) atoms. The normalized spacial score (nSPS) is 22.0. The highest BCUT2D eigenvalue weighted by atomic mass is 16.6. The molecule has 1 aromatic carbocycles. The Balaban J connectivity index is 2.05. The van der Waals surface area contributed by atoms with Crippen LogP contribution in [0, 0.1) is 29.1 Å². The summed E-state index contributed by atoms with van der Waals surface area (Å²) in [4.78, 5) is 25.3. The molecule has 0 saturated heterocycles. The summed E-state index contributed by atoms with van der Waals surface area (Å²) in [7, 11) is 0. The molecule has 3 N–H and O–H groups in total. The van der Waals surface area contributed by atoms with E-state index in [4.69, 9.17) is 10.00 Å². The van der Waals surface area contributed by atoms with Gasteiger partial charge in [0.25, 0.3) is 0 Å². The predicted octanol–water partition coefficient (Wildman–Crippen LogP) is 3.52. The Morgan fingerprint density at radius 3 is 2.60 bits per heavy atom. The maximum absolute atomic E-state index is 12.7. The van der Waals surface area contributed by atoms with Gasteiger partial charge in [0.15, 0.2) is 0 Å². The Labute approximate surface area is 178 Å². The Morgan fingerprint density at radius 1 is 1.27 bits per heavy atom. The van der Waals surface area contributed by atoms with Crippen molar-refractivity contribution in [3.63, 3.8) is 0 Å². The molecular weight excluding hydrogens is 382 g/mol. The highest BCUT2D eigenvalue weighted by molar-refractivity contribution is 5.86. The number of nitriles is 1. The fraction of sp³-hybridized carbons (Fsp3) is 0.609. The first-order valence-corrected chi connectivity index (χ1v) is 10.7. The maximum atomic E-state index is 12.7. The predicted molar refractivity (Wildman–Crippen MR) is 114 cm³/mol. The van der Waals surface area contributed by atoms with Gasteiger partial charge in [-0.2, -0.15) is 5.26 Å². The number of carbonyl (C=O) groups is 2. The molecule has 0 bridgehead atoms. The van der Waals surface area contributed by atoms with E-state index in [9.17, 15) is 14.7 Å². The summed E-state index contributed by atoms with van der Waals surface area (Å²) in [6.07, 6.45) is 2.68. The van der Waals surface area contributed by atoms with Crippen molar-refractivity contribution in [2.45, 2.75) is 65.0 Å². The molecule has 1 saturated carbocycles. The smallest absolute Gasteiger partial charge is 0.408 e. The molecule has 164 valence electrons. The molecule has 0 radical (unpaired) electrons. The van der Waals surface area contributed by atoms with Crippen molar-refractivity contribution < 1.29 is 19.4 Å². The monoisotopic (exact) mass is 415 g/mol.